The molecule has 18 heavy (non-hydrogen) atoms. The minimum Gasteiger partial charge on any atom is -0.378 e. The maximum absolute atomic E-state index is 11.3. The van der Waals surface area contributed by atoms with Gasteiger partial charge in [-0.15, -0.1) is 0 Å². The number of nitrogens with one attached hydrogen (secondary N) is 2. The molecule has 7 nitrogen and oxygen atoms in total. The van der Waals surface area contributed by atoms with Gasteiger partial charge < -0.3 is 10.1 Å². The molecule has 1 aliphatic rings. The van der Waals surface area contributed by atoms with E-state index in [4.69, 9.17) is 4.74 Å². The Hall–Kier alpha value is -1.89. The highest BCUT2D eigenvalue weighted by atomic mass is 16.5. The normalized spacial score (nSPS) is 22.9. The minimum atomic E-state index is -0.274. The van der Waals surface area contributed by atoms with Crippen LogP contribution in [-0.2, 0) is 4.74 Å². The van der Waals surface area contributed by atoms with Gasteiger partial charge >= 0.3 is 5.69 Å². The Balaban J connectivity index is 1.67. The number of hydrogen-bond acceptors (Lipinski definition) is 5. The highest BCUT2D eigenvalue weighted by molar-refractivity contribution is 5.49. The van der Waals surface area contributed by atoms with Crippen molar-refractivity contribution in [1.82, 2.24) is 19.6 Å². The van der Waals surface area contributed by atoms with E-state index >= 15 is 0 Å². The summed E-state index contributed by atoms with van der Waals surface area (Å²) >= 11 is 0. The smallest absolute Gasteiger partial charge is 0.348 e. The lowest BCUT2D eigenvalue weighted by molar-refractivity contribution is 0.00292. The van der Waals surface area contributed by atoms with Gasteiger partial charge in [0.25, 0.3) is 0 Å². The number of hydrogen-bond donors (Lipinski definition) is 2. The Morgan fingerprint density at radius 3 is 3.22 bits per heavy atom. The lowest BCUT2D eigenvalue weighted by Gasteiger charge is -2.35. The molecule has 0 spiro atoms. The zero-order valence-electron chi connectivity index (χ0n) is 10.1. The van der Waals surface area contributed by atoms with Gasteiger partial charge in [0.15, 0.2) is 5.65 Å². The Bertz CT molecular complexity index is 599. The lowest BCUT2D eigenvalue weighted by atomic mass is 9.89. The van der Waals surface area contributed by atoms with E-state index in [0.29, 0.717) is 17.8 Å². The number of aromatic amines is 1. The van der Waals surface area contributed by atoms with Crippen LogP contribution in [0.5, 0.6) is 0 Å². The first-order chi connectivity index (χ1) is 8.76. The number of aromatic nitrogens is 4. The fourth-order valence-electron chi connectivity index (χ4n) is 2.15. The average Bonchev–Trinajstić information content (AvgIpc) is 2.68. The van der Waals surface area contributed by atoms with Crippen molar-refractivity contribution in [2.45, 2.75) is 31.9 Å². The second-order valence-corrected chi connectivity index (χ2v) is 4.42. The van der Waals surface area contributed by atoms with Crippen molar-refractivity contribution in [3.63, 3.8) is 0 Å². The third-order valence-corrected chi connectivity index (χ3v) is 3.16. The summed E-state index contributed by atoms with van der Waals surface area (Å²) < 4.78 is 6.87. The molecular formula is C11H15N5O2. The maximum Gasteiger partial charge on any atom is 0.348 e. The molecule has 3 rings (SSSR count). The Morgan fingerprint density at radius 2 is 2.44 bits per heavy atom. The molecular weight excluding hydrogens is 234 g/mol. The van der Waals surface area contributed by atoms with Crippen molar-refractivity contribution in [2.24, 2.45) is 0 Å². The number of H-pyrrole nitrogens is 1. The summed E-state index contributed by atoms with van der Waals surface area (Å²) in [6, 6.07) is 2.15. The Kier molecular flexibility index (Phi) is 2.75. The SMILES string of the molecule is CCOC1CC(Nc2cc3n[nH]c(=O)n3cn2)C1. The second kappa shape index (κ2) is 4.41. The van der Waals surface area contributed by atoms with Gasteiger partial charge in [-0.2, -0.15) is 5.10 Å². The van der Waals surface area contributed by atoms with Crippen LogP contribution in [-0.4, -0.2) is 38.3 Å². The molecule has 0 amide bonds. The molecule has 1 fully saturated rings. The summed E-state index contributed by atoms with van der Waals surface area (Å²) in [5.74, 6) is 0.737. The van der Waals surface area contributed by atoms with Gasteiger partial charge in [-0.25, -0.2) is 19.3 Å². The van der Waals surface area contributed by atoms with Gasteiger partial charge in [-0.1, -0.05) is 0 Å². The zero-order valence-corrected chi connectivity index (χ0v) is 10.1. The maximum atomic E-state index is 11.3. The minimum absolute atomic E-state index is 0.274. The summed E-state index contributed by atoms with van der Waals surface area (Å²) in [7, 11) is 0. The van der Waals surface area contributed by atoms with Crippen LogP contribution in [0, 0.1) is 0 Å². The van der Waals surface area contributed by atoms with Gasteiger partial charge in [0.05, 0.1) is 6.10 Å². The van der Waals surface area contributed by atoms with Crippen LogP contribution in [0.3, 0.4) is 0 Å². The van der Waals surface area contributed by atoms with E-state index in [-0.39, 0.29) is 5.69 Å². The van der Waals surface area contributed by atoms with Crippen LogP contribution in [0.15, 0.2) is 17.2 Å². The van der Waals surface area contributed by atoms with E-state index in [1.54, 1.807) is 6.07 Å². The third-order valence-electron chi connectivity index (χ3n) is 3.16. The first kappa shape index (κ1) is 11.2. The topological polar surface area (TPSA) is 84.3 Å². The van der Waals surface area contributed by atoms with E-state index in [9.17, 15) is 4.79 Å². The molecule has 2 heterocycles. The fraction of sp³-hybridized carbons (Fsp3) is 0.545. The number of anilines is 1. The average molecular weight is 249 g/mol. The van der Waals surface area contributed by atoms with Gasteiger partial charge in [0.1, 0.15) is 12.1 Å². The number of nitrogens with zero attached hydrogens (tertiary/aromatic N) is 3. The summed E-state index contributed by atoms with van der Waals surface area (Å²) in [5, 5.41) is 9.58. The standard InChI is InChI=1S/C11H15N5O2/c1-2-18-8-3-7(4-8)13-9-5-10-14-15-11(17)16(10)6-12-9/h5-8,13H,2-4H2,1H3,(H,15,17). The van der Waals surface area contributed by atoms with E-state index in [1.165, 1.54) is 10.7 Å². The van der Waals surface area contributed by atoms with Crippen LogP contribution < -0.4 is 11.0 Å². The predicted molar refractivity (Wildman–Crippen MR) is 65.7 cm³/mol. The van der Waals surface area contributed by atoms with E-state index < -0.39 is 0 Å². The van der Waals surface area contributed by atoms with Crippen molar-refractivity contribution in [2.75, 3.05) is 11.9 Å². The molecule has 0 aromatic carbocycles. The molecule has 0 radical (unpaired) electrons. The number of ether oxygens (including phenoxy) is 1. The first-order valence-electron chi connectivity index (χ1n) is 6.07. The van der Waals surface area contributed by atoms with Crippen molar-refractivity contribution in [1.29, 1.82) is 0 Å². The quantitative estimate of drug-likeness (QED) is 0.819. The van der Waals surface area contributed by atoms with Crippen LogP contribution in [0.4, 0.5) is 5.82 Å². The van der Waals surface area contributed by atoms with Crippen LogP contribution in [0.2, 0.25) is 0 Å². The van der Waals surface area contributed by atoms with Crippen molar-refractivity contribution < 1.29 is 4.74 Å². The summed E-state index contributed by atoms with van der Waals surface area (Å²) in [6.45, 7) is 2.77. The molecule has 2 N–H and O–H groups in total. The highest BCUT2D eigenvalue weighted by Crippen LogP contribution is 2.26. The first-order valence-corrected chi connectivity index (χ1v) is 6.07. The monoisotopic (exact) mass is 249 g/mol. The molecule has 1 saturated carbocycles. The van der Waals surface area contributed by atoms with Gasteiger partial charge in [0, 0.05) is 18.7 Å². The van der Waals surface area contributed by atoms with Gasteiger partial charge in [-0.05, 0) is 19.8 Å². The fourth-order valence-corrected chi connectivity index (χ4v) is 2.15. The molecule has 0 unspecified atom stereocenters. The third kappa shape index (κ3) is 1.97. The molecule has 96 valence electrons. The van der Waals surface area contributed by atoms with E-state index in [2.05, 4.69) is 20.5 Å². The van der Waals surface area contributed by atoms with Gasteiger partial charge in [-0.3, -0.25) is 0 Å². The molecule has 7 heteroatoms. The molecule has 0 atom stereocenters. The Morgan fingerprint density at radius 1 is 1.61 bits per heavy atom. The van der Waals surface area contributed by atoms with Gasteiger partial charge in [0.2, 0.25) is 0 Å². The lowest BCUT2D eigenvalue weighted by Crippen LogP contribution is -2.41. The molecule has 0 aliphatic heterocycles. The molecule has 1 aliphatic carbocycles. The summed E-state index contributed by atoms with van der Waals surface area (Å²) in [6.07, 6.45) is 3.83. The van der Waals surface area contributed by atoms with Crippen molar-refractivity contribution >= 4 is 11.5 Å². The van der Waals surface area contributed by atoms with Crippen LogP contribution in [0.25, 0.3) is 5.65 Å². The molecule has 0 saturated heterocycles. The predicted octanol–water partition coefficient (Wildman–Crippen LogP) is 0.397. The summed E-state index contributed by atoms with van der Waals surface area (Å²) in [4.78, 5) is 15.4. The number of fused-ring (bicyclic) bond motifs is 1. The highest BCUT2D eigenvalue weighted by Gasteiger charge is 2.29. The molecule has 0 bridgehead atoms. The van der Waals surface area contributed by atoms with Crippen molar-refractivity contribution in [3.8, 4) is 0 Å². The molecule has 2 aromatic heterocycles. The van der Waals surface area contributed by atoms with E-state index in [1.807, 2.05) is 6.92 Å². The summed E-state index contributed by atoms with van der Waals surface area (Å²) in [5.41, 5.74) is 0.294. The second-order valence-electron chi connectivity index (χ2n) is 4.42. The van der Waals surface area contributed by atoms with Crippen LogP contribution >= 0.6 is 0 Å². The molecule has 2 aromatic rings. The number of rotatable bonds is 4. The zero-order chi connectivity index (χ0) is 12.5. The van der Waals surface area contributed by atoms with Crippen LogP contribution in [0.1, 0.15) is 19.8 Å². The van der Waals surface area contributed by atoms with Crippen molar-refractivity contribution in [3.05, 3.63) is 22.9 Å². The van der Waals surface area contributed by atoms with E-state index in [0.717, 1.165) is 25.3 Å². The largest absolute Gasteiger partial charge is 0.378 e. The Labute approximate surface area is 103 Å².